The molecule has 0 saturated carbocycles. The Morgan fingerprint density at radius 3 is 2.79 bits per heavy atom. The van der Waals surface area contributed by atoms with E-state index in [1.807, 2.05) is 19.9 Å². The number of nitrogens with one attached hydrogen (secondary N) is 2. The van der Waals surface area contributed by atoms with Crippen molar-refractivity contribution in [2.75, 3.05) is 0 Å². The number of H-pyrrole nitrogens is 1. The maximum atomic E-state index is 11.8. The maximum absolute atomic E-state index is 11.8. The number of hydrogen-bond acceptors (Lipinski definition) is 4. The Morgan fingerprint density at radius 1 is 1.47 bits per heavy atom. The fraction of sp³-hybridized carbons (Fsp3) is 0.250. The van der Waals surface area contributed by atoms with Crippen LogP contribution in [0.4, 0.5) is 0 Å². The Balaban J connectivity index is 2.05. The highest BCUT2D eigenvalue weighted by Gasteiger charge is 2.19. The molecule has 0 aliphatic heterocycles. The first-order valence-corrected chi connectivity index (χ1v) is 6.41. The van der Waals surface area contributed by atoms with Gasteiger partial charge in [0, 0.05) is 9.75 Å². The number of nitrogens with zero attached hydrogens (tertiary/aromatic N) is 1. The van der Waals surface area contributed by atoms with Crippen molar-refractivity contribution in [3.05, 3.63) is 39.1 Å². The van der Waals surface area contributed by atoms with E-state index in [0.717, 1.165) is 4.88 Å². The van der Waals surface area contributed by atoms with Crippen molar-refractivity contribution in [2.45, 2.75) is 20.4 Å². The van der Waals surface area contributed by atoms with Gasteiger partial charge in [-0.05, 0) is 25.5 Å². The van der Waals surface area contributed by atoms with Crippen LogP contribution in [0.2, 0.25) is 0 Å². The quantitative estimate of drug-likeness (QED) is 0.794. The first kappa shape index (κ1) is 13.3. The summed E-state index contributed by atoms with van der Waals surface area (Å²) in [6.45, 7) is 4.39. The summed E-state index contributed by atoms with van der Waals surface area (Å²) < 4.78 is 0. The molecule has 100 valence electrons. The third-order valence-electron chi connectivity index (χ3n) is 2.71. The molecule has 2 aromatic rings. The third-order valence-corrected chi connectivity index (χ3v) is 3.86. The topological polar surface area (TPSA) is 95.1 Å². The molecular weight excluding hydrogens is 266 g/mol. The zero-order valence-electron chi connectivity index (χ0n) is 10.5. The average molecular weight is 279 g/mol. The molecule has 0 aromatic carbocycles. The Morgan fingerprint density at radius 2 is 2.21 bits per heavy atom. The van der Waals surface area contributed by atoms with Crippen LogP contribution in [0.3, 0.4) is 0 Å². The van der Waals surface area contributed by atoms with Crippen molar-refractivity contribution in [2.24, 2.45) is 0 Å². The highest BCUT2D eigenvalue weighted by molar-refractivity contribution is 7.12. The Labute approximate surface area is 113 Å². The van der Waals surface area contributed by atoms with E-state index in [9.17, 15) is 9.59 Å². The van der Waals surface area contributed by atoms with Crippen molar-refractivity contribution >= 4 is 23.2 Å². The molecule has 0 atom stereocenters. The first-order chi connectivity index (χ1) is 8.99. The molecule has 3 N–H and O–H groups in total. The van der Waals surface area contributed by atoms with E-state index >= 15 is 0 Å². The number of aryl methyl sites for hydroxylation is 2. The Bertz CT molecular complexity index is 610. The second-order valence-electron chi connectivity index (χ2n) is 4.07. The van der Waals surface area contributed by atoms with Crippen LogP contribution in [0.15, 0.2) is 12.4 Å². The third kappa shape index (κ3) is 2.82. The van der Waals surface area contributed by atoms with Gasteiger partial charge in [0.25, 0.3) is 5.91 Å². The van der Waals surface area contributed by atoms with Gasteiger partial charge in [-0.3, -0.25) is 4.79 Å². The fourth-order valence-corrected chi connectivity index (χ4v) is 2.61. The van der Waals surface area contributed by atoms with Crippen LogP contribution in [0, 0.1) is 13.8 Å². The molecule has 6 nitrogen and oxygen atoms in total. The number of carbonyl (C=O) groups is 2. The summed E-state index contributed by atoms with van der Waals surface area (Å²) in [7, 11) is 0. The van der Waals surface area contributed by atoms with E-state index in [2.05, 4.69) is 15.3 Å². The molecule has 0 aliphatic carbocycles. The first-order valence-electron chi connectivity index (χ1n) is 5.60. The molecule has 2 rings (SSSR count). The second-order valence-corrected chi connectivity index (χ2v) is 5.41. The minimum atomic E-state index is -1.20. The van der Waals surface area contributed by atoms with Gasteiger partial charge in [-0.2, -0.15) is 0 Å². The number of aromatic carboxylic acids is 1. The lowest BCUT2D eigenvalue weighted by molar-refractivity contribution is 0.0685. The zero-order chi connectivity index (χ0) is 14.0. The number of rotatable bonds is 4. The van der Waals surface area contributed by atoms with Crippen LogP contribution in [-0.2, 0) is 6.54 Å². The molecule has 0 unspecified atom stereocenters. The lowest BCUT2D eigenvalue weighted by atomic mass is 10.3. The zero-order valence-corrected chi connectivity index (χ0v) is 11.3. The van der Waals surface area contributed by atoms with Gasteiger partial charge in [0.1, 0.15) is 0 Å². The molecular formula is C12H13N3O3S. The van der Waals surface area contributed by atoms with Crippen LogP contribution >= 0.6 is 11.3 Å². The van der Waals surface area contributed by atoms with Crippen molar-refractivity contribution in [3.8, 4) is 0 Å². The summed E-state index contributed by atoms with van der Waals surface area (Å²) in [5.74, 6) is -1.70. The average Bonchev–Trinajstić information content (AvgIpc) is 2.94. The molecule has 0 fully saturated rings. The van der Waals surface area contributed by atoms with Crippen LogP contribution in [-0.4, -0.2) is 27.0 Å². The van der Waals surface area contributed by atoms with E-state index in [1.165, 1.54) is 16.8 Å². The summed E-state index contributed by atoms with van der Waals surface area (Å²) in [4.78, 5) is 31.1. The molecule has 2 aromatic heterocycles. The summed E-state index contributed by atoms with van der Waals surface area (Å²) in [6, 6.07) is 2.00. The largest absolute Gasteiger partial charge is 0.477 e. The van der Waals surface area contributed by atoms with E-state index in [0.29, 0.717) is 6.54 Å². The van der Waals surface area contributed by atoms with Gasteiger partial charge >= 0.3 is 5.97 Å². The van der Waals surface area contributed by atoms with Gasteiger partial charge in [-0.1, -0.05) is 0 Å². The monoisotopic (exact) mass is 279 g/mol. The number of hydrogen-bond donors (Lipinski definition) is 3. The van der Waals surface area contributed by atoms with E-state index in [-0.39, 0.29) is 11.4 Å². The standard InChI is InChI=1S/C12H13N3O3S/c1-6-3-8(19-7(6)2)4-13-11(16)9-10(12(17)18)15-5-14-9/h3,5H,4H2,1-2H3,(H,13,16)(H,14,15)(H,17,18). The van der Waals surface area contributed by atoms with Crippen LogP contribution in [0.5, 0.6) is 0 Å². The SMILES string of the molecule is Cc1cc(CNC(=O)c2nc[nH]c2C(=O)O)sc1C. The predicted molar refractivity (Wildman–Crippen MR) is 70.5 cm³/mol. The minimum Gasteiger partial charge on any atom is -0.477 e. The molecule has 0 radical (unpaired) electrons. The lowest BCUT2D eigenvalue weighted by Gasteiger charge is -2.01. The molecule has 0 aliphatic rings. The highest BCUT2D eigenvalue weighted by Crippen LogP contribution is 2.20. The van der Waals surface area contributed by atoms with Crippen LogP contribution < -0.4 is 5.32 Å². The van der Waals surface area contributed by atoms with Crippen molar-refractivity contribution in [1.29, 1.82) is 0 Å². The normalized spacial score (nSPS) is 10.4. The summed E-state index contributed by atoms with van der Waals surface area (Å²) in [5, 5.41) is 11.5. The summed E-state index contributed by atoms with van der Waals surface area (Å²) >= 11 is 1.60. The van der Waals surface area contributed by atoms with Gasteiger partial charge in [0.05, 0.1) is 12.9 Å². The molecule has 0 bridgehead atoms. The van der Waals surface area contributed by atoms with Crippen LogP contribution in [0.25, 0.3) is 0 Å². The van der Waals surface area contributed by atoms with Gasteiger partial charge in [-0.15, -0.1) is 11.3 Å². The van der Waals surface area contributed by atoms with Gasteiger partial charge < -0.3 is 15.4 Å². The second kappa shape index (κ2) is 5.23. The number of amides is 1. The molecule has 1 amide bonds. The number of imidazole rings is 1. The number of carboxylic acid groups (broad SMARTS) is 1. The summed E-state index contributed by atoms with van der Waals surface area (Å²) in [6.07, 6.45) is 1.19. The molecule has 2 heterocycles. The van der Waals surface area contributed by atoms with E-state index in [4.69, 9.17) is 5.11 Å². The Hall–Kier alpha value is -2.15. The van der Waals surface area contributed by atoms with Crippen molar-refractivity contribution in [3.63, 3.8) is 0 Å². The number of aromatic amines is 1. The predicted octanol–water partition coefficient (Wildman–Crippen LogP) is 1.72. The molecule has 0 spiro atoms. The van der Waals surface area contributed by atoms with Gasteiger partial charge in [0.15, 0.2) is 11.4 Å². The van der Waals surface area contributed by atoms with Crippen molar-refractivity contribution in [1.82, 2.24) is 15.3 Å². The van der Waals surface area contributed by atoms with Gasteiger partial charge in [-0.25, -0.2) is 9.78 Å². The number of carbonyl (C=O) groups excluding carboxylic acids is 1. The number of carboxylic acids is 1. The Kier molecular flexibility index (Phi) is 3.66. The van der Waals surface area contributed by atoms with Gasteiger partial charge in [0.2, 0.25) is 0 Å². The fourth-order valence-electron chi connectivity index (χ4n) is 1.62. The van der Waals surface area contributed by atoms with Crippen molar-refractivity contribution < 1.29 is 14.7 Å². The highest BCUT2D eigenvalue weighted by atomic mass is 32.1. The molecule has 0 saturated heterocycles. The van der Waals surface area contributed by atoms with E-state index in [1.54, 1.807) is 11.3 Å². The lowest BCUT2D eigenvalue weighted by Crippen LogP contribution is -2.24. The van der Waals surface area contributed by atoms with E-state index < -0.39 is 11.9 Å². The van der Waals surface area contributed by atoms with Crippen LogP contribution in [0.1, 0.15) is 36.3 Å². The number of thiophene rings is 1. The minimum absolute atomic E-state index is 0.0995. The molecule has 7 heteroatoms. The number of aromatic nitrogens is 2. The maximum Gasteiger partial charge on any atom is 0.354 e. The summed E-state index contributed by atoms with van der Waals surface area (Å²) in [5.41, 5.74) is 0.883. The molecule has 19 heavy (non-hydrogen) atoms. The smallest absolute Gasteiger partial charge is 0.354 e.